The minimum atomic E-state index is -0.0367. The number of hydrogen-bond donors (Lipinski definition) is 1. The van der Waals surface area contributed by atoms with E-state index in [9.17, 15) is 4.79 Å². The van der Waals surface area contributed by atoms with Crippen LogP contribution in [0.4, 0.5) is 5.69 Å². The van der Waals surface area contributed by atoms with Gasteiger partial charge in [0.15, 0.2) is 11.5 Å². The first-order valence-electron chi connectivity index (χ1n) is 4.57. The van der Waals surface area contributed by atoms with E-state index in [1.165, 1.54) is 11.3 Å². The maximum absolute atomic E-state index is 11.8. The molecular weight excluding hydrogens is 230 g/mol. The van der Waals surface area contributed by atoms with Crippen molar-refractivity contribution >= 4 is 34.6 Å². The molecule has 84 valence electrons. The number of thioether (sulfide) groups is 1. The summed E-state index contributed by atoms with van der Waals surface area (Å²) in [5, 5.41) is 0. The summed E-state index contributed by atoms with van der Waals surface area (Å²) in [4.78, 5) is 12.4. The smallest absolute Gasteiger partial charge is 0.177 e. The molecule has 0 amide bonds. The predicted octanol–water partition coefficient (Wildman–Crippen LogP) is 2.90. The second kappa shape index (κ2) is 4.90. The lowest BCUT2D eigenvalue weighted by Crippen LogP contribution is -2.07. The Morgan fingerprint density at radius 2 is 2.13 bits per heavy atom. The summed E-state index contributed by atoms with van der Waals surface area (Å²) in [6.07, 6.45) is 1.94. The topological polar surface area (TPSA) is 52.3 Å². The van der Waals surface area contributed by atoms with Gasteiger partial charge in [-0.05, 0) is 6.26 Å². The number of nitrogen functional groups attached to an aromatic ring is 1. The third-order valence-electron chi connectivity index (χ3n) is 2.01. The summed E-state index contributed by atoms with van der Waals surface area (Å²) in [5.74, 6) is 0.679. The van der Waals surface area contributed by atoms with Crippen LogP contribution in [0, 0.1) is 5.92 Å². The van der Waals surface area contributed by atoms with Crippen LogP contribution in [0.1, 0.15) is 23.5 Å². The Labute approximate surface area is 98.0 Å². The first-order chi connectivity index (χ1) is 7.02. The minimum absolute atomic E-state index is 0.0367. The summed E-state index contributed by atoms with van der Waals surface area (Å²) in [5.41, 5.74) is 6.36. The second-order valence-electron chi connectivity index (χ2n) is 3.39. The van der Waals surface area contributed by atoms with Crippen molar-refractivity contribution in [3.63, 3.8) is 0 Å². The first-order valence-corrected chi connectivity index (χ1v) is 6.61. The van der Waals surface area contributed by atoms with Gasteiger partial charge in [0.05, 0.1) is 17.7 Å². The van der Waals surface area contributed by atoms with Gasteiger partial charge in [-0.15, -0.1) is 23.1 Å². The van der Waals surface area contributed by atoms with Gasteiger partial charge in [0.2, 0.25) is 0 Å². The van der Waals surface area contributed by atoms with Crippen molar-refractivity contribution in [3.05, 3.63) is 4.88 Å². The molecule has 1 heterocycles. The molecule has 0 bridgehead atoms. The third-order valence-corrected chi connectivity index (χ3v) is 4.31. The standard InChI is InChI=1S/C10H15NO2S2/c1-5(2)7(12)9-6(11)8(13-3)10(14-4)15-9/h5H,11H2,1-4H3. The van der Waals surface area contributed by atoms with Gasteiger partial charge < -0.3 is 10.5 Å². The number of methoxy groups -OCH3 is 1. The van der Waals surface area contributed by atoms with Crippen LogP contribution < -0.4 is 10.5 Å². The Balaban J connectivity index is 3.21. The van der Waals surface area contributed by atoms with Gasteiger partial charge in [-0.2, -0.15) is 0 Å². The Hall–Kier alpha value is -0.680. The zero-order chi connectivity index (χ0) is 11.6. The molecule has 0 radical (unpaired) electrons. The molecule has 2 N–H and O–H groups in total. The van der Waals surface area contributed by atoms with Crippen LogP contribution in [0.15, 0.2) is 4.21 Å². The first kappa shape index (κ1) is 12.4. The minimum Gasteiger partial charge on any atom is -0.492 e. The van der Waals surface area contributed by atoms with Gasteiger partial charge in [-0.3, -0.25) is 4.79 Å². The number of ketones is 1. The average Bonchev–Trinajstić information content (AvgIpc) is 2.53. The highest BCUT2D eigenvalue weighted by atomic mass is 32.2. The van der Waals surface area contributed by atoms with Gasteiger partial charge >= 0.3 is 0 Å². The number of hydrogen-bond acceptors (Lipinski definition) is 5. The molecule has 15 heavy (non-hydrogen) atoms. The van der Waals surface area contributed by atoms with Crippen molar-refractivity contribution in [2.75, 3.05) is 19.1 Å². The highest BCUT2D eigenvalue weighted by Gasteiger charge is 2.22. The van der Waals surface area contributed by atoms with Gasteiger partial charge in [-0.1, -0.05) is 13.8 Å². The molecular formula is C10H15NO2S2. The van der Waals surface area contributed by atoms with Gasteiger partial charge in [0.1, 0.15) is 4.21 Å². The number of carbonyl (C=O) groups is 1. The van der Waals surface area contributed by atoms with E-state index in [1.54, 1.807) is 18.9 Å². The normalized spacial score (nSPS) is 10.7. The van der Waals surface area contributed by atoms with Crippen LogP contribution in [0.5, 0.6) is 5.75 Å². The molecule has 0 fully saturated rings. The Morgan fingerprint density at radius 1 is 1.53 bits per heavy atom. The van der Waals surface area contributed by atoms with Crippen LogP contribution in [0.2, 0.25) is 0 Å². The summed E-state index contributed by atoms with van der Waals surface area (Å²) in [7, 11) is 1.57. The molecule has 0 aromatic carbocycles. The quantitative estimate of drug-likeness (QED) is 0.654. The molecule has 0 atom stereocenters. The van der Waals surface area contributed by atoms with E-state index in [1.807, 2.05) is 20.1 Å². The molecule has 1 rings (SSSR count). The van der Waals surface area contributed by atoms with Crippen molar-refractivity contribution in [2.24, 2.45) is 5.92 Å². The predicted molar refractivity (Wildman–Crippen MR) is 66.2 cm³/mol. The van der Waals surface area contributed by atoms with E-state index in [4.69, 9.17) is 10.5 Å². The number of carbonyl (C=O) groups excluding carboxylic acids is 1. The lowest BCUT2D eigenvalue weighted by molar-refractivity contribution is 0.0944. The van der Waals surface area contributed by atoms with Gasteiger partial charge in [-0.25, -0.2) is 0 Å². The molecule has 0 aliphatic heterocycles. The molecule has 0 unspecified atom stereocenters. The SMILES string of the molecule is COc1c(SC)sc(C(=O)C(C)C)c1N. The van der Waals surface area contributed by atoms with Crippen LogP contribution in [0.3, 0.4) is 0 Å². The number of anilines is 1. The monoisotopic (exact) mass is 245 g/mol. The number of Topliss-reactive ketones (excluding diaryl/α,β-unsaturated/α-hetero) is 1. The largest absolute Gasteiger partial charge is 0.492 e. The zero-order valence-corrected chi connectivity index (χ0v) is 10.9. The van der Waals surface area contributed by atoms with E-state index < -0.39 is 0 Å². The lowest BCUT2D eigenvalue weighted by Gasteiger charge is -2.03. The Kier molecular flexibility index (Phi) is 4.04. The average molecular weight is 245 g/mol. The summed E-state index contributed by atoms with van der Waals surface area (Å²) < 4.78 is 6.15. The van der Waals surface area contributed by atoms with Crippen LogP contribution in [0.25, 0.3) is 0 Å². The van der Waals surface area contributed by atoms with Gasteiger partial charge in [0.25, 0.3) is 0 Å². The number of thiophene rings is 1. The zero-order valence-electron chi connectivity index (χ0n) is 9.29. The van der Waals surface area contributed by atoms with Crippen molar-refractivity contribution in [3.8, 4) is 5.75 Å². The van der Waals surface area contributed by atoms with E-state index in [0.29, 0.717) is 16.3 Å². The summed E-state index contributed by atoms with van der Waals surface area (Å²) >= 11 is 2.96. The number of rotatable bonds is 4. The maximum Gasteiger partial charge on any atom is 0.177 e. The second-order valence-corrected chi connectivity index (χ2v) is 5.48. The number of ether oxygens (including phenoxy) is 1. The molecule has 1 aromatic heterocycles. The molecule has 0 saturated heterocycles. The fraction of sp³-hybridized carbons (Fsp3) is 0.500. The molecule has 1 aromatic rings. The maximum atomic E-state index is 11.8. The number of nitrogens with two attached hydrogens (primary N) is 1. The molecule has 0 saturated carbocycles. The van der Waals surface area contributed by atoms with E-state index in [-0.39, 0.29) is 11.7 Å². The Morgan fingerprint density at radius 3 is 2.47 bits per heavy atom. The lowest BCUT2D eigenvalue weighted by atomic mass is 10.1. The molecule has 0 aliphatic rings. The van der Waals surface area contributed by atoms with E-state index in [2.05, 4.69) is 0 Å². The molecule has 0 aliphatic carbocycles. The third kappa shape index (κ3) is 2.29. The van der Waals surface area contributed by atoms with E-state index >= 15 is 0 Å². The van der Waals surface area contributed by atoms with Crippen molar-refractivity contribution in [1.82, 2.24) is 0 Å². The van der Waals surface area contributed by atoms with Crippen molar-refractivity contribution < 1.29 is 9.53 Å². The summed E-state index contributed by atoms with van der Waals surface area (Å²) in [6, 6.07) is 0. The Bertz CT molecular complexity index is 372. The van der Waals surface area contributed by atoms with Gasteiger partial charge in [0, 0.05) is 5.92 Å². The van der Waals surface area contributed by atoms with Crippen molar-refractivity contribution in [1.29, 1.82) is 0 Å². The fourth-order valence-electron chi connectivity index (χ4n) is 1.18. The van der Waals surface area contributed by atoms with E-state index in [0.717, 1.165) is 4.21 Å². The van der Waals surface area contributed by atoms with Crippen LogP contribution >= 0.6 is 23.1 Å². The molecule has 5 heteroatoms. The highest BCUT2D eigenvalue weighted by Crippen LogP contribution is 2.43. The fourth-order valence-corrected chi connectivity index (χ4v) is 3.15. The molecule has 3 nitrogen and oxygen atoms in total. The van der Waals surface area contributed by atoms with Crippen LogP contribution in [-0.4, -0.2) is 19.1 Å². The van der Waals surface area contributed by atoms with Crippen molar-refractivity contribution in [2.45, 2.75) is 18.1 Å². The highest BCUT2D eigenvalue weighted by molar-refractivity contribution is 8.00. The summed E-state index contributed by atoms with van der Waals surface area (Å²) in [6.45, 7) is 3.74. The van der Waals surface area contributed by atoms with Crippen LogP contribution in [-0.2, 0) is 0 Å². The molecule has 0 spiro atoms.